The Balaban J connectivity index is 2.29. The van der Waals surface area contributed by atoms with Gasteiger partial charge in [-0.15, -0.1) is 0 Å². The smallest absolute Gasteiger partial charge is 0.303 e. The van der Waals surface area contributed by atoms with Crippen LogP contribution in [-0.4, -0.2) is 11.1 Å². The molecule has 2 nitrogen and oxygen atoms in total. The van der Waals surface area contributed by atoms with Crippen LogP contribution in [0.4, 0.5) is 0 Å². The fourth-order valence-electron chi connectivity index (χ4n) is 1.09. The normalized spacial score (nSPS) is 9.67. The molecule has 0 atom stereocenters. The summed E-state index contributed by atoms with van der Waals surface area (Å²) in [6, 6.07) is 9.93. The van der Waals surface area contributed by atoms with Gasteiger partial charge >= 0.3 is 5.97 Å². The van der Waals surface area contributed by atoms with Crippen molar-refractivity contribution >= 4 is 5.97 Å². The molecular formula is C10H12O2. The van der Waals surface area contributed by atoms with Crippen molar-refractivity contribution in [2.45, 2.75) is 19.3 Å². The Bertz CT molecular complexity index is 241. The van der Waals surface area contributed by atoms with Gasteiger partial charge in [-0.1, -0.05) is 30.3 Å². The van der Waals surface area contributed by atoms with Crippen LogP contribution >= 0.6 is 0 Å². The van der Waals surface area contributed by atoms with E-state index in [4.69, 9.17) is 5.11 Å². The molecule has 0 radical (unpaired) electrons. The van der Waals surface area contributed by atoms with Crippen molar-refractivity contribution in [3.8, 4) is 0 Å². The topological polar surface area (TPSA) is 37.3 Å². The van der Waals surface area contributed by atoms with Gasteiger partial charge in [0.25, 0.3) is 0 Å². The number of aryl methyl sites for hydroxylation is 1. The molecule has 0 saturated heterocycles. The number of benzene rings is 1. The highest BCUT2D eigenvalue weighted by atomic mass is 16.4. The maximum atomic E-state index is 10.2. The molecule has 0 fully saturated rings. The van der Waals surface area contributed by atoms with Crippen LogP contribution in [0.5, 0.6) is 0 Å². The molecule has 0 spiro atoms. The molecule has 0 amide bonds. The van der Waals surface area contributed by atoms with Crippen LogP contribution in [0.15, 0.2) is 30.3 Å². The maximum absolute atomic E-state index is 10.2. The summed E-state index contributed by atoms with van der Waals surface area (Å²) in [7, 11) is 0. The molecule has 0 saturated carbocycles. The van der Waals surface area contributed by atoms with E-state index in [0.717, 1.165) is 12.8 Å². The first-order chi connectivity index (χ1) is 5.79. The third kappa shape index (κ3) is 3.19. The van der Waals surface area contributed by atoms with Crippen LogP contribution in [0.25, 0.3) is 0 Å². The lowest BCUT2D eigenvalue weighted by atomic mass is 10.3. The van der Waals surface area contributed by atoms with Crippen LogP contribution in [0.3, 0.4) is 0 Å². The molecule has 12 heavy (non-hydrogen) atoms. The van der Waals surface area contributed by atoms with Crippen LogP contribution in [0.1, 0.15) is 18.4 Å². The highest BCUT2D eigenvalue weighted by Gasteiger charge is 1.96. The highest BCUT2D eigenvalue weighted by Crippen LogP contribution is 2.03. The molecule has 1 N–H and O–H groups in total. The van der Waals surface area contributed by atoms with E-state index in [9.17, 15) is 4.79 Å². The third-order valence-electron chi connectivity index (χ3n) is 1.70. The zero-order chi connectivity index (χ0) is 8.81. The first-order valence-corrected chi connectivity index (χ1v) is 4.05. The van der Waals surface area contributed by atoms with Crippen molar-refractivity contribution in [1.29, 1.82) is 0 Å². The van der Waals surface area contributed by atoms with E-state index < -0.39 is 5.97 Å². The van der Waals surface area contributed by atoms with Gasteiger partial charge in [0.2, 0.25) is 0 Å². The second-order valence-corrected chi connectivity index (χ2v) is 2.73. The second-order valence-electron chi connectivity index (χ2n) is 2.73. The summed E-state index contributed by atoms with van der Waals surface area (Å²) < 4.78 is 0. The van der Waals surface area contributed by atoms with E-state index in [1.54, 1.807) is 0 Å². The summed E-state index contributed by atoms with van der Waals surface area (Å²) in [6.45, 7) is 0. The number of aliphatic carboxylic acids is 1. The summed E-state index contributed by atoms with van der Waals surface area (Å²) in [5.41, 5.74) is 1.21. The van der Waals surface area contributed by atoms with Crippen molar-refractivity contribution in [1.82, 2.24) is 0 Å². The molecule has 0 aromatic heterocycles. The number of carbonyl (C=O) groups is 1. The van der Waals surface area contributed by atoms with Crippen molar-refractivity contribution < 1.29 is 9.90 Å². The summed E-state index contributed by atoms with van der Waals surface area (Å²) in [5.74, 6) is -0.717. The number of hydrogen-bond donors (Lipinski definition) is 1. The third-order valence-corrected chi connectivity index (χ3v) is 1.70. The van der Waals surface area contributed by atoms with Gasteiger partial charge in [0.15, 0.2) is 0 Å². The fraction of sp³-hybridized carbons (Fsp3) is 0.300. The lowest BCUT2D eigenvalue weighted by molar-refractivity contribution is -0.137. The van der Waals surface area contributed by atoms with Crippen molar-refractivity contribution in [3.63, 3.8) is 0 Å². The molecule has 0 unspecified atom stereocenters. The Morgan fingerprint density at radius 2 is 1.92 bits per heavy atom. The van der Waals surface area contributed by atoms with E-state index in [1.165, 1.54) is 5.56 Å². The van der Waals surface area contributed by atoms with Gasteiger partial charge < -0.3 is 5.11 Å². The largest absolute Gasteiger partial charge is 0.481 e. The van der Waals surface area contributed by atoms with Crippen LogP contribution in [0, 0.1) is 0 Å². The van der Waals surface area contributed by atoms with E-state index in [-0.39, 0.29) is 6.42 Å². The zero-order valence-corrected chi connectivity index (χ0v) is 6.86. The molecule has 1 rings (SSSR count). The quantitative estimate of drug-likeness (QED) is 0.762. The zero-order valence-electron chi connectivity index (χ0n) is 6.86. The molecule has 64 valence electrons. The van der Waals surface area contributed by atoms with E-state index in [1.807, 2.05) is 30.3 Å². The van der Waals surface area contributed by atoms with E-state index in [2.05, 4.69) is 0 Å². The second kappa shape index (κ2) is 4.54. The maximum Gasteiger partial charge on any atom is 0.303 e. The molecule has 0 bridgehead atoms. The summed E-state index contributed by atoms with van der Waals surface area (Å²) in [4.78, 5) is 10.2. The Hall–Kier alpha value is -1.31. The van der Waals surface area contributed by atoms with Crippen LogP contribution in [-0.2, 0) is 11.2 Å². The summed E-state index contributed by atoms with van der Waals surface area (Å²) >= 11 is 0. The predicted octanol–water partition coefficient (Wildman–Crippen LogP) is 2.09. The average molecular weight is 176 g/mol. The molecule has 2 heteroatoms. The summed E-state index contributed by atoms with van der Waals surface area (Å²) in [6.07, 6.45) is 1.83. The Morgan fingerprint density at radius 3 is 2.50 bits per heavy atom. The lowest BCUT2D eigenvalue weighted by Gasteiger charge is -1.97. The lowest BCUT2D eigenvalue weighted by Crippen LogP contribution is -1.95. The van der Waals surface area contributed by atoms with Crippen LogP contribution in [0.2, 0.25) is 0 Å². The summed E-state index contributed by atoms with van der Waals surface area (Å²) in [5, 5.41) is 8.39. The number of rotatable bonds is 4. The molecule has 1 aromatic carbocycles. The van der Waals surface area contributed by atoms with E-state index in [0.29, 0.717) is 0 Å². The SMILES string of the molecule is O=C(O)CCC[14c]1[14cH][14cH][14cH][14cH][14cH]1. The van der Waals surface area contributed by atoms with Crippen LogP contribution < -0.4 is 0 Å². The minimum Gasteiger partial charge on any atom is -0.481 e. The molecule has 0 aliphatic rings. The minimum atomic E-state index is -0.717. The standard InChI is InChI=1S/C10H12O2/c11-10(12)8-4-7-9-5-2-1-3-6-9/h1-3,5-6H,4,7-8H2,(H,11,12)/i1+2,2+2,3+2,5+2,6+2,9+2. The van der Waals surface area contributed by atoms with Gasteiger partial charge in [-0.2, -0.15) is 0 Å². The fourth-order valence-corrected chi connectivity index (χ4v) is 1.09. The van der Waals surface area contributed by atoms with Gasteiger partial charge in [0, 0.05) is 6.42 Å². The van der Waals surface area contributed by atoms with Gasteiger partial charge in [-0.3, -0.25) is 4.79 Å². The monoisotopic (exact) mass is 176 g/mol. The Kier molecular flexibility index (Phi) is 3.33. The van der Waals surface area contributed by atoms with Gasteiger partial charge in [-0.05, 0) is 18.4 Å². The average Bonchev–Trinajstić information content (AvgIpc) is 2.05. The molecule has 0 aliphatic heterocycles. The first kappa shape index (κ1) is 8.78. The molecule has 0 aliphatic carbocycles. The number of carboxylic acids is 1. The van der Waals surface area contributed by atoms with Crippen molar-refractivity contribution in [2.24, 2.45) is 0 Å². The molecular weight excluding hydrogens is 164 g/mol. The van der Waals surface area contributed by atoms with Crippen molar-refractivity contribution in [2.75, 3.05) is 0 Å². The number of hydrogen-bond acceptors (Lipinski definition) is 1. The van der Waals surface area contributed by atoms with Gasteiger partial charge in [-0.25, -0.2) is 0 Å². The highest BCUT2D eigenvalue weighted by molar-refractivity contribution is 5.66. The van der Waals surface area contributed by atoms with Gasteiger partial charge in [0.05, 0.1) is 0 Å². The van der Waals surface area contributed by atoms with E-state index >= 15 is 0 Å². The predicted molar refractivity (Wildman–Crippen MR) is 47.0 cm³/mol. The number of carboxylic acid groups (broad SMARTS) is 1. The van der Waals surface area contributed by atoms with Gasteiger partial charge in [0.1, 0.15) is 0 Å². The Labute approximate surface area is 71.8 Å². The molecule has 1 aromatic rings. The minimum absolute atomic E-state index is 0.259. The van der Waals surface area contributed by atoms with Crippen molar-refractivity contribution in [3.05, 3.63) is 35.9 Å². The Morgan fingerprint density at radius 1 is 1.25 bits per heavy atom. The molecule has 0 heterocycles. The first-order valence-electron chi connectivity index (χ1n) is 4.05.